The van der Waals surface area contributed by atoms with Gasteiger partial charge in [0.05, 0.1) is 16.3 Å². The van der Waals surface area contributed by atoms with E-state index in [9.17, 15) is 8.42 Å². The molecule has 1 fully saturated rings. The van der Waals surface area contributed by atoms with E-state index in [4.69, 9.17) is 5.73 Å². The fourth-order valence-electron chi connectivity index (χ4n) is 2.14. The number of rotatable bonds is 3. The minimum absolute atomic E-state index is 0.266. The van der Waals surface area contributed by atoms with Crippen molar-refractivity contribution in [2.24, 2.45) is 5.92 Å². The largest absolute Gasteiger partial charge is 0.397 e. The highest BCUT2D eigenvalue weighted by Gasteiger charge is 2.25. The van der Waals surface area contributed by atoms with E-state index < -0.39 is 9.84 Å². The van der Waals surface area contributed by atoms with Crippen molar-refractivity contribution in [2.45, 2.75) is 30.7 Å². The summed E-state index contributed by atoms with van der Waals surface area (Å²) >= 11 is 0. The number of nitrogen functional groups attached to an aromatic ring is 1. The Morgan fingerprint density at radius 1 is 1.35 bits per heavy atom. The van der Waals surface area contributed by atoms with Crippen LogP contribution in [0.5, 0.6) is 0 Å². The van der Waals surface area contributed by atoms with Crippen LogP contribution in [0.4, 0.5) is 11.4 Å². The average Bonchev–Trinajstić information content (AvgIpc) is 2.16. The van der Waals surface area contributed by atoms with E-state index in [1.165, 1.54) is 12.3 Å². The van der Waals surface area contributed by atoms with E-state index >= 15 is 0 Å². The van der Waals surface area contributed by atoms with Gasteiger partial charge in [-0.1, -0.05) is 6.92 Å². The van der Waals surface area contributed by atoms with Crippen molar-refractivity contribution < 1.29 is 8.42 Å². The molecule has 94 valence electrons. The van der Waals surface area contributed by atoms with Crippen molar-refractivity contribution >= 4 is 21.2 Å². The van der Waals surface area contributed by atoms with Crippen LogP contribution in [-0.2, 0) is 9.84 Å². The van der Waals surface area contributed by atoms with E-state index in [0.717, 1.165) is 24.4 Å². The predicted molar refractivity (Wildman–Crippen MR) is 69.8 cm³/mol. The molecule has 1 aliphatic rings. The smallest absolute Gasteiger partial charge is 0.175 e. The normalized spacial score (nSPS) is 24.1. The molecule has 17 heavy (non-hydrogen) atoms. The number of hydrogen-bond donors (Lipinski definition) is 2. The summed E-state index contributed by atoms with van der Waals surface area (Å²) in [4.78, 5) is 0.266. The lowest BCUT2D eigenvalue weighted by molar-refractivity contribution is 0.309. The molecule has 0 spiro atoms. The first kappa shape index (κ1) is 12.2. The summed E-state index contributed by atoms with van der Waals surface area (Å²) < 4.78 is 22.7. The van der Waals surface area contributed by atoms with Gasteiger partial charge in [-0.15, -0.1) is 0 Å². The minimum Gasteiger partial charge on any atom is -0.397 e. The number of nitrogens with one attached hydrogen (secondary N) is 1. The summed E-state index contributed by atoms with van der Waals surface area (Å²) in [6, 6.07) is 5.32. The van der Waals surface area contributed by atoms with Crippen LogP contribution in [-0.4, -0.2) is 20.7 Å². The maximum absolute atomic E-state index is 11.4. The Labute approximate surface area is 102 Å². The molecule has 1 aromatic carbocycles. The van der Waals surface area contributed by atoms with Crippen LogP contribution < -0.4 is 11.1 Å². The van der Waals surface area contributed by atoms with E-state index in [1.54, 1.807) is 12.1 Å². The topological polar surface area (TPSA) is 72.2 Å². The van der Waals surface area contributed by atoms with E-state index in [-0.39, 0.29) is 4.90 Å². The van der Waals surface area contributed by atoms with Gasteiger partial charge in [0.25, 0.3) is 0 Å². The number of sulfone groups is 1. The first-order chi connectivity index (χ1) is 7.86. The van der Waals surface area contributed by atoms with Crippen LogP contribution in [0.3, 0.4) is 0 Å². The molecule has 4 nitrogen and oxygen atoms in total. The molecule has 0 saturated heterocycles. The van der Waals surface area contributed by atoms with Crippen LogP contribution in [0.2, 0.25) is 0 Å². The van der Waals surface area contributed by atoms with E-state index in [0.29, 0.717) is 11.7 Å². The quantitative estimate of drug-likeness (QED) is 0.808. The second kappa shape index (κ2) is 4.22. The molecule has 0 aliphatic heterocycles. The van der Waals surface area contributed by atoms with Gasteiger partial charge >= 0.3 is 0 Å². The molecular formula is C12H18N2O2S. The van der Waals surface area contributed by atoms with Gasteiger partial charge in [-0.2, -0.15) is 0 Å². The molecule has 0 aromatic heterocycles. The lowest BCUT2D eigenvalue weighted by atomic mass is 9.82. The van der Waals surface area contributed by atoms with Crippen LogP contribution in [0.25, 0.3) is 0 Å². The Morgan fingerprint density at radius 3 is 2.47 bits per heavy atom. The Balaban J connectivity index is 2.15. The zero-order valence-electron chi connectivity index (χ0n) is 10.1. The van der Waals surface area contributed by atoms with Gasteiger partial charge in [0, 0.05) is 12.3 Å². The third-order valence-electron chi connectivity index (χ3n) is 3.18. The average molecular weight is 254 g/mol. The summed E-state index contributed by atoms with van der Waals surface area (Å²) in [6.45, 7) is 2.22. The predicted octanol–water partition coefficient (Wildman–Crippen LogP) is 1.88. The molecule has 0 amide bonds. The molecule has 0 bridgehead atoms. The highest BCUT2D eigenvalue weighted by Crippen LogP contribution is 2.31. The molecule has 1 aliphatic carbocycles. The molecule has 0 unspecified atom stereocenters. The molecule has 1 aromatic rings. The summed E-state index contributed by atoms with van der Waals surface area (Å²) in [5.74, 6) is 0.768. The number of hydrogen-bond acceptors (Lipinski definition) is 4. The van der Waals surface area contributed by atoms with E-state index in [2.05, 4.69) is 12.2 Å². The Morgan fingerprint density at radius 2 is 2.00 bits per heavy atom. The first-order valence-electron chi connectivity index (χ1n) is 5.72. The van der Waals surface area contributed by atoms with Crippen molar-refractivity contribution in [3.8, 4) is 0 Å². The lowest BCUT2D eigenvalue weighted by Crippen LogP contribution is -2.34. The maximum Gasteiger partial charge on any atom is 0.175 e. The zero-order chi connectivity index (χ0) is 12.6. The highest BCUT2D eigenvalue weighted by molar-refractivity contribution is 7.90. The Hall–Kier alpha value is -1.23. The van der Waals surface area contributed by atoms with Gasteiger partial charge in [-0.05, 0) is 37.0 Å². The van der Waals surface area contributed by atoms with Crippen molar-refractivity contribution in [2.75, 3.05) is 17.3 Å². The second-order valence-corrected chi connectivity index (χ2v) is 6.95. The SMILES string of the molecule is CC1CC(Nc2ccc(S(C)(=O)=O)cc2N)C1. The third kappa shape index (κ3) is 2.72. The standard InChI is InChI=1S/C12H18N2O2S/c1-8-5-9(6-8)14-12-4-3-10(7-11(12)13)17(2,15)16/h3-4,7-9,14H,5-6,13H2,1-2H3. The van der Waals surface area contributed by atoms with Crippen molar-refractivity contribution in [1.29, 1.82) is 0 Å². The molecule has 3 N–H and O–H groups in total. The van der Waals surface area contributed by atoms with Crippen molar-refractivity contribution in [3.05, 3.63) is 18.2 Å². The molecular weight excluding hydrogens is 236 g/mol. The highest BCUT2D eigenvalue weighted by atomic mass is 32.2. The summed E-state index contributed by atoms with van der Waals surface area (Å²) in [5.41, 5.74) is 7.17. The number of nitrogens with two attached hydrogens (primary N) is 1. The lowest BCUT2D eigenvalue weighted by Gasteiger charge is -2.34. The minimum atomic E-state index is -3.18. The Kier molecular flexibility index (Phi) is 3.03. The number of benzene rings is 1. The van der Waals surface area contributed by atoms with Crippen LogP contribution in [0.1, 0.15) is 19.8 Å². The fourth-order valence-corrected chi connectivity index (χ4v) is 2.80. The summed E-state index contributed by atoms with van der Waals surface area (Å²) in [5, 5.41) is 3.34. The van der Waals surface area contributed by atoms with E-state index in [1.807, 2.05) is 0 Å². The van der Waals surface area contributed by atoms with Gasteiger partial charge in [0.1, 0.15) is 0 Å². The molecule has 0 radical (unpaired) electrons. The summed E-state index contributed by atoms with van der Waals surface area (Å²) in [7, 11) is -3.18. The third-order valence-corrected chi connectivity index (χ3v) is 4.29. The maximum atomic E-state index is 11.4. The van der Waals surface area contributed by atoms with Gasteiger partial charge in [-0.25, -0.2) is 8.42 Å². The molecule has 1 saturated carbocycles. The molecule has 0 heterocycles. The van der Waals surface area contributed by atoms with Crippen molar-refractivity contribution in [1.82, 2.24) is 0 Å². The van der Waals surface area contributed by atoms with Crippen LogP contribution in [0.15, 0.2) is 23.1 Å². The fraction of sp³-hybridized carbons (Fsp3) is 0.500. The van der Waals surface area contributed by atoms with Gasteiger partial charge < -0.3 is 11.1 Å². The first-order valence-corrected chi connectivity index (χ1v) is 7.61. The molecule has 5 heteroatoms. The molecule has 2 rings (SSSR count). The van der Waals surface area contributed by atoms with Crippen LogP contribution >= 0.6 is 0 Å². The Bertz CT molecular complexity index is 519. The molecule has 0 atom stereocenters. The van der Waals surface area contributed by atoms with Gasteiger partial charge in [0.2, 0.25) is 0 Å². The van der Waals surface area contributed by atoms with Crippen molar-refractivity contribution in [3.63, 3.8) is 0 Å². The summed E-state index contributed by atoms with van der Waals surface area (Å²) in [6.07, 6.45) is 3.48. The second-order valence-electron chi connectivity index (χ2n) is 4.94. The number of anilines is 2. The van der Waals surface area contributed by atoms with Gasteiger partial charge in [-0.3, -0.25) is 0 Å². The van der Waals surface area contributed by atoms with Crippen LogP contribution in [0, 0.1) is 5.92 Å². The zero-order valence-corrected chi connectivity index (χ0v) is 10.9. The monoisotopic (exact) mass is 254 g/mol. The van der Waals surface area contributed by atoms with Gasteiger partial charge in [0.15, 0.2) is 9.84 Å².